The molecular formula is C15H10N2OS2. The van der Waals surface area contributed by atoms with Gasteiger partial charge in [0.05, 0.1) is 10.6 Å². The lowest BCUT2D eigenvalue weighted by atomic mass is 10.2. The molecule has 3 aromatic rings. The van der Waals surface area contributed by atoms with Crippen LogP contribution in [0.4, 0.5) is 0 Å². The highest BCUT2D eigenvalue weighted by molar-refractivity contribution is 7.20. The molecule has 0 aliphatic carbocycles. The predicted octanol–water partition coefficient (Wildman–Crippen LogP) is 4.16. The van der Waals surface area contributed by atoms with E-state index < -0.39 is 0 Å². The summed E-state index contributed by atoms with van der Waals surface area (Å²) in [6.45, 7) is 0. The van der Waals surface area contributed by atoms with Gasteiger partial charge in [0.2, 0.25) is 0 Å². The Morgan fingerprint density at radius 3 is 2.90 bits per heavy atom. The zero-order valence-electron chi connectivity index (χ0n) is 10.4. The van der Waals surface area contributed by atoms with Gasteiger partial charge in [-0.25, -0.2) is 4.98 Å². The van der Waals surface area contributed by atoms with Gasteiger partial charge in [0, 0.05) is 23.3 Å². The van der Waals surface area contributed by atoms with Crippen LogP contribution in [0.25, 0.3) is 16.0 Å². The van der Waals surface area contributed by atoms with E-state index >= 15 is 0 Å². The first-order valence-electron chi connectivity index (χ1n) is 5.95. The summed E-state index contributed by atoms with van der Waals surface area (Å²) < 4.78 is 0. The van der Waals surface area contributed by atoms with Crippen molar-refractivity contribution in [3.63, 3.8) is 0 Å². The zero-order chi connectivity index (χ0) is 13.8. The molecule has 0 amide bonds. The van der Waals surface area contributed by atoms with Gasteiger partial charge in [0.25, 0.3) is 0 Å². The SMILES string of the molecule is O=C(C=Cc1csc(-c2cccs2)n1)c1cccnc1. The Balaban J connectivity index is 1.75. The van der Waals surface area contributed by atoms with Crippen LogP contribution in [0, 0.1) is 0 Å². The van der Waals surface area contributed by atoms with Crippen molar-refractivity contribution in [2.45, 2.75) is 0 Å². The van der Waals surface area contributed by atoms with Crippen LogP contribution >= 0.6 is 22.7 Å². The highest BCUT2D eigenvalue weighted by atomic mass is 32.1. The van der Waals surface area contributed by atoms with Gasteiger partial charge in [-0.1, -0.05) is 6.07 Å². The van der Waals surface area contributed by atoms with Crippen molar-refractivity contribution in [1.82, 2.24) is 9.97 Å². The quantitative estimate of drug-likeness (QED) is 0.536. The first kappa shape index (κ1) is 12.9. The number of thiophene rings is 1. The second-order valence-electron chi connectivity index (χ2n) is 3.99. The van der Waals surface area contributed by atoms with Gasteiger partial charge in [0.15, 0.2) is 5.78 Å². The Morgan fingerprint density at radius 2 is 2.15 bits per heavy atom. The molecule has 3 heterocycles. The lowest BCUT2D eigenvalue weighted by Gasteiger charge is -1.92. The number of allylic oxidation sites excluding steroid dienone is 1. The Hall–Kier alpha value is -2.11. The molecule has 0 aliphatic rings. The molecule has 3 aromatic heterocycles. The molecule has 0 unspecified atom stereocenters. The monoisotopic (exact) mass is 298 g/mol. The number of nitrogens with zero attached hydrogens (tertiary/aromatic N) is 2. The third-order valence-electron chi connectivity index (χ3n) is 2.61. The van der Waals surface area contributed by atoms with Crippen LogP contribution in [0.3, 0.4) is 0 Å². The number of thiazole rings is 1. The highest BCUT2D eigenvalue weighted by Crippen LogP contribution is 2.28. The first-order chi connectivity index (χ1) is 9.83. The molecule has 0 fully saturated rings. The van der Waals surface area contributed by atoms with Gasteiger partial charge >= 0.3 is 0 Å². The molecular weight excluding hydrogens is 288 g/mol. The van der Waals surface area contributed by atoms with Crippen molar-refractivity contribution in [2.75, 3.05) is 0 Å². The van der Waals surface area contributed by atoms with Crippen molar-refractivity contribution in [1.29, 1.82) is 0 Å². The number of hydrogen-bond acceptors (Lipinski definition) is 5. The van der Waals surface area contributed by atoms with Crippen molar-refractivity contribution in [2.24, 2.45) is 0 Å². The average molecular weight is 298 g/mol. The van der Waals surface area contributed by atoms with Crippen molar-refractivity contribution in [3.8, 4) is 9.88 Å². The van der Waals surface area contributed by atoms with Gasteiger partial charge in [0.1, 0.15) is 5.01 Å². The summed E-state index contributed by atoms with van der Waals surface area (Å²) >= 11 is 3.24. The van der Waals surface area contributed by atoms with Crippen molar-refractivity contribution < 1.29 is 4.79 Å². The number of pyridine rings is 1. The van der Waals surface area contributed by atoms with Crippen LogP contribution in [0.5, 0.6) is 0 Å². The lowest BCUT2D eigenvalue weighted by molar-refractivity contribution is 0.104. The maximum atomic E-state index is 11.9. The topological polar surface area (TPSA) is 42.9 Å². The van der Waals surface area contributed by atoms with E-state index in [0.717, 1.165) is 15.6 Å². The van der Waals surface area contributed by atoms with E-state index in [1.807, 2.05) is 22.9 Å². The molecule has 0 spiro atoms. The lowest BCUT2D eigenvalue weighted by Crippen LogP contribution is -1.93. The summed E-state index contributed by atoms with van der Waals surface area (Å²) in [6, 6.07) is 7.54. The van der Waals surface area contributed by atoms with E-state index in [1.54, 1.807) is 53.3 Å². The predicted molar refractivity (Wildman–Crippen MR) is 83.0 cm³/mol. The molecule has 0 N–H and O–H groups in total. The van der Waals surface area contributed by atoms with Gasteiger partial charge < -0.3 is 0 Å². The van der Waals surface area contributed by atoms with Crippen LogP contribution in [0.1, 0.15) is 16.1 Å². The molecule has 0 bridgehead atoms. The third kappa shape index (κ3) is 2.89. The molecule has 98 valence electrons. The molecule has 20 heavy (non-hydrogen) atoms. The number of carbonyl (C=O) groups excluding carboxylic acids is 1. The maximum absolute atomic E-state index is 11.9. The Labute approximate surface area is 124 Å². The molecule has 0 saturated heterocycles. The fourth-order valence-electron chi connectivity index (χ4n) is 1.64. The zero-order valence-corrected chi connectivity index (χ0v) is 12.0. The van der Waals surface area contributed by atoms with E-state index in [2.05, 4.69) is 9.97 Å². The molecule has 5 heteroatoms. The van der Waals surface area contributed by atoms with E-state index in [9.17, 15) is 4.79 Å². The van der Waals surface area contributed by atoms with E-state index in [1.165, 1.54) is 6.08 Å². The van der Waals surface area contributed by atoms with Crippen LogP contribution < -0.4 is 0 Å². The average Bonchev–Trinajstić information content (AvgIpc) is 3.16. The van der Waals surface area contributed by atoms with Crippen LogP contribution in [0.15, 0.2) is 53.5 Å². The van der Waals surface area contributed by atoms with Gasteiger partial charge in [-0.3, -0.25) is 9.78 Å². The molecule has 0 atom stereocenters. The summed E-state index contributed by atoms with van der Waals surface area (Å²) in [7, 11) is 0. The van der Waals surface area contributed by atoms with Crippen molar-refractivity contribution in [3.05, 3.63) is 64.8 Å². The highest BCUT2D eigenvalue weighted by Gasteiger charge is 2.05. The Kier molecular flexibility index (Phi) is 3.80. The normalized spacial score (nSPS) is 11.0. The summed E-state index contributed by atoms with van der Waals surface area (Å²) in [6.07, 6.45) is 6.48. The van der Waals surface area contributed by atoms with Crippen LogP contribution in [0.2, 0.25) is 0 Å². The Morgan fingerprint density at radius 1 is 1.20 bits per heavy atom. The summed E-state index contributed by atoms with van der Waals surface area (Å²) in [5, 5.41) is 4.95. The van der Waals surface area contributed by atoms with E-state index in [-0.39, 0.29) is 5.78 Å². The standard InChI is InChI=1S/C15H10N2OS2/c18-13(11-3-1-7-16-9-11)6-5-12-10-20-15(17-12)14-4-2-8-19-14/h1-10H. The van der Waals surface area contributed by atoms with E-state index in [4.69, 9.17) is 0 Å². The fourth-order valence-corrected chi connectivity index (χ4v) is 3.24. The smallest absolute Gasteiger partial charge is 0.187 e. The second-order valence-corrected chi connectivity index (χ2v) is 5.80. The number of ketones is 1. The molecule has 0 saturated carbocycles. The van der Waals surface area contributed by atoms with Crippen LogP contribution in [-0.4, -0.2) is 15.8 Å². The molecule has 0 radical (unpaired) electrons. The second kappa shape index (κ2) is 5.90. The van der Waals surface area contributed by atoms with E-state index in [0.29, 0.717) is 5.56 Å². The molecule has 3 rings (SSSR count). The minimum Gasteiger partial charge on any atom is -0.289 e. The molecule has 0 aromatic carbocycles. The fraction of sp³-hybridized carbons (Fsp3) is 0. The molecule has 0 aliphatic heterocycles. The van der Waals surface area contributed by atoms with Gasteiger partial charge in [-0.2, -0.15) is 0 Å². The van der Waals surface area contributed by atoms with Crippen LogP contribution in [-0.2, 0) is 0 Å². The summed E-state index contributed by atoms with van der Waals surface area (Å²) in [5.41, 5.74) is 1.38. The largest absolute Gasteiger partial charge is 0.289 e. The van der Waals surface area contributed by atoms with Crippen molar-refractivity contribution >= 4 is 34.5 Å². The third-order valence-corrected chi connectivity index (χ3v) is 4.51. The summed E-state index contributed by atoms with van der Waals surface area (Å²) in [5.74, 6) is -0.0660. The first-order valence-corrected chi connectivity index (χ1v) is 7.71. The minimum atomic E-state index is -0.0660. The number of hydrogen-bond donors (Lipinski definition) is 0. The minimum absolute atomic E-state index is 0.0660. The maximum Gasteiger partial charge on any atom is 0.187 e. The number of aromatic nitrogens is 2. The number of rotatable bonds is 4. The molecule has 3 nitrogen and oxygen atoms in total. The Bertz CT molecular complexity index is 730. The number of carbonyl (C=O) groups is 1. The summed E-state index contributed by atoms with van der Waals surface area (Å²) in [4.78, 5) is 21.5. The van der Waals surface area contributed by atoms with Gasteiger partial charge in [-0.15, -0.1) is 22.7 Å². The van der Waals surface area contributed by atoms with Gasteiger partial charge in [-0.05, 0) is 35.7 Å².